The summed E-state index contributed by atoms with van der Waals surface area (Å²) >= 11 is 0. The fourth-order valence-corrected chi connectivity index (χ4v) is 3.01. The van der Waals surface area contributed by atoms with Gasteiger partial charge in [0.05, 0.1) is 6.20 Å². The number of pyridine rings is 1. The van der Waals surface area contributed by atoms with Crippen molar-refractivity contribution >= 4 is 24.3 Å². The van der Waals surface area contributed by atoms with Gasteiger partial charge in [0.1, 0.15) is 11.4 Å². The maximum Gasteiger partial charge on any atom is 0.354 e. The number of carboxylic acids is 1. The van der Waals surface area contributed by atoms with Crippen LogP contribution in [0, 0.1) is 0 Å². The van der Waals surface area contributed by atoms with Gasteiger partial charge in [-0.25, -0.2) is 9.78 Å². The van der Waals surface area contributed by atoms with Gasteiger partial charge in [-0.15, -0.1) is 12.4 Å². The van der Waals surface area contributed by atoms with E-state index in [0.29, 0.717) is 18.2 Å². The molecule has 23 heavy (non-hydrogen) atoms. The van der Waals surface area contributed by atoms with Crippen LogP contribution in [0.1, 0.15) is 29.8 Å². The van der Waals surface area contributed by atoms with Gasteiger partial charge in [0.25, 0.3) is 5.91 Å². The van der Waals surface area contributed by atoms with Gasteiger partial charge >= 0.3 is 5.97 Å². The highest BCUT2D eigenvalue weighted by Gasteiger charge is 2.37. The summed E-state index contributed by atoms with van der Waals surface area (Å²) in [6, 6.07) is 3.22. The topological polar surface area (TPSA) is 91.8 Å². The molecule has 0 saturated carbocycles. The largest absolute Gasteiger partial charge is 0.479 e. The van der Waals surface area contributed by atoms with Crippen LogP contribution in [0.4, 0.5) is 0 Å². The van der Waals surface area contributed by atoms with E-state index >= 15 is 0 Å². The molecule has 126 valence electrons. The van der Waals surface area contributed by atoms with E-state index in [1.54, 1.807) is 0 Å². The highest BCUT2D eigenvalue weighted by Crippen LogP contribution is 2.23. The lowest BCUT2D eigenvalue weighted by molar-refractivity contribution is -0.135. The minimum Gasteiger partial charge on any atom is -0.479 e. The number of hydrogen-bond acceptors (Lipinski definition) is 5. The Balaban J connectivity index is 0.00000192. The van der Waals surface area contributed by atoms with Crippen LogP contribution in [0.25, 0.3) is 0 Å². The maximum atomic E-state index is 12.5. The van der Waals surface area contributed by atoms with Gasteiger partial charge in [0.2, 0.25) is 0 Å². The zero-order valence-electron chi connectivity index (χ0n) is 12.6. The zero-order chi connectivity index (χ0) is 15.5. The highest BCUT2D eigenvalue weighted by molar-refractivity contribution is 5.86. The van der Waals surface area contributed by atoms with Crippen LogP contribution in [-0.2, 0) is 4.79 Å². The second-order valence-corrected chi connectivity index (χ2v) is 5.59. The summed E-state index contributed by atoms with van der Waals surface area (Å²) in [5.41, 5.74) is -0.0403. The molecular formula is C15H20ClN3O4. The van der Waals surface area contributed by atoms with Gasteiger partial charge in [0, 0.05) is 19.0 Å². The first-order valence-electron chi connectivity index (χ1n) is 7.52. The van der Waals surface area contributed by atoms with Gasteiger partial charge in [-0.2, -0.15) is 0 Å². The van der Waals surface area contributed by atoms with Crippen molar-refractivity contribution < 1.29 is 19.4 Å². The first-order chi connectivity index (χ1) is 10.6. The molecule has 1 aromatic heterocycles. The number of halogens is 1. The lowest BCUT2D eigenvalue weighted by Gasteiger charge is -2.31. The second-order valence-electron chi connectivity index (χ2n) is 5.59. The number of carbonyl (C=O) groups is 2. The van der Waals surface area contributed by atoms with Crippen molar-refractivity contribution in [1.29, 1.82) is 0 Å². The Morgan fingerprint density at radius 3 is 2.65 bits per heavy atom. The molecular weight excluding hydrogens is 322 g/mol. The Kier molecular flexibility index (Phi) is 5.79. The molecule has 0 spiro atoms. The minimum absolute atomic E-state index is 0. The predicted octanol–water partition coefficient (Wildman–Crippen LogP) is 0.933. The number of piperidine rings is 1. The van der Waals surface area contributed by atoms with E-state index in [2.05, 4.69) is 10.3 Å². The van der Waals surface area contributed by atoms with Crippen LogP contribution in [0.3, 0.4) is 0 Å². The first-order valence-corrected chi connectivity index (χ1v) is 7.52. The molecule has 2 fully saturated rings. The van der Waals surface area contributed by atoms with Crippen LogP contribution >= 0.6 is 12.4 Å². The van der Waals surface area contributed by atoms with Crippen LogP contribution in [0.2, 0.25) is 0 Å². The quantitative estimate of drug-likeness (QED) is 0.846. The fourth-order valence-electron chi connectivity index (χ4n) is 3.01. The second kappa shape index (κ2) is 7.61. The van der Waals surface area contributed by atoms with Gasteiger partial charge in [-0.05, 0) is 38.1 Å². The zero-order valence-corrected chi connectivity index (χ0v) is 13.4. The summed E-state index contributed by atoms with van der Waals surface area (Å²) in [4.78, 5) is 28.9. The molecule has 0 radical (unpaired) electrons. The van der Waals surface area contributed by atoms with Crippen LogP contribution in [-0.4, -0.2) is 58.6 Å². The minimum atomic E-state index is -1.08. The van der Waals surface area contributed by atoms with Gasteiger partial charge in [-0.3, -0.25) is 4.79 Å². The number of nitrogens with zero attached hydrogens (tertiary/aromatic N) is 2. The molecule has 0 unspecified atom stereocenters. The molecule has 1 atom stereocenters. The van der Waals surface area contributed by atoms with Crippen molar-refractivity contribution in [2.45, 2.75) is 31.4 Å². The average molecular weight is 342 g/mol. The molecule has 2 aliphatic rings. The third-order valence-corrected chi connectivity index (χ3v) is 4.17. The SMILES string of the molecule is Cl.O=C(O)c1ccc(O[C@H]2CCN(C3CCNCC3)C2=O)cn1. The number of rotatable bonds is 4. The summed E-state index contributed by atoms with van der Waals surface area (Å²) in [7, 11) is 0. The summed E-state index contributed by atoms with van der Waals surface area (Å²) in [6.07, 6.45) is 3.47. The number of likely N-dealkylation sites (tertiary alicyclic amines) is 1. The van der Waals surface area contributed by atoms with E-state index < -0.39 is 12.1 Å². The Hall–Kier alpha value is -1.86. The lowest BCUT2D eigenvalue weighted by atomic mass is 10.1. The standard InChI is InChI=1S/C15H19N3O4.ClH/c19-14-13(5-8-18(14)10-3-6-16-7-4-10)22-11-1-2-12(15(20)21)17-9-11;/h1-2,9-10,13,16H,3-8H2,(H,20,21);1H/t13-;/m0./s1. The number of ether oxygens (including phenoxy) is 1. The number of aromatic carboxylic acids is 1. The van der Waals surface area contributed by atoms with Gasteiger partial charge < -0.3 is 20.1 Å². The Labute approximate surface area is 140 Å². The van der Waals surface area contributed by atoms with Crippen molar-refractivity contribution in [2.75, 3.05) is 19.6 Å². The lowest BCUT2D eigenvalue weighted by Crippen LogP contribution is -2.45. The number of carboxylic acid groups (broad SMARTS) is 1. The highest BCUT2D eigenvalue weighted by atomic mass is 35.5. The number of nitrogens with one attached hydrogen (secondary N) is 1. The number of amides is 1. The van der Waals surface area contributed by atoms with Crippen LogP contribution in [0.15, 0.2) is 18.3 Å². The molecule has 0 aliphatic carbocycles. The molecule has 8 heteroatoms. The number of carbonyl (C=O) groups excluding carboxylic acids is 1. The van der Waals surface area contributed by atoms with E-state index in [1.807, 2.05) is 4.90 Å². The normalized spacial score (nSPS) is 21.8. The Morgan fingerprint density at radius 1 is 1.30 bits per heavy atom. The summed E-state index contributed by atoms with van der Waals surface area (Å²) in [5.74, 6) is -0.634. The molecule has 7 nitrogen and oxygen atoms in total. The molecule has 2 aliphatic heterocycles. The average Bonchev–Trinajstić information content (AvgIpc) is 2.90. The van der Waals surface area contributed by atoms with Crippen molar-refractivity contribution in [3.05, 3.63) is 24.0 Å². The van der Waals surface area contributed by atoms with E-state index in [4.69, 9.17) is 9.84 Å². The van der Waals surface area contributed by atoms with Crippen molar-refractivity contribution in [3.63, 3.8) is 0 Å². The van der Waals surface area contributed by atoms with E-state index in [0.717, 1.165) is 32.5 Å². The molecule has 2 N–H and O–H groups in total. The smallest absolute Gasteiger partial charge is 0.354 e. The Bertz CT molecular complexity index is 560. The van der Waals surface area contributed by atoms with E-state index in [1.165, 1.54) is 18.3 Å². The van der Waals surface area contributed by atoms with Gasteiger partial charge in [-0.1, -0.05) is 0 Å². The summed E-state index contributed by atoms with van der Waals surface area (Å²) in [6.45, 7) is 2.61. The van der Waals surface area contributed by atoms with Gasteiger partial charge in [0.15, 0.2) is 6.10 Å². The third-order valence-electron chi connectivity index (χ3n) is 4.17. The molecule has 0 aromatic carbocycles. The molecule has 3 heterocycles. The molecule has 0 bridgehead atoms. The molecule has 1 aromatic rings. The first kappa shape index (κ1) is 17.5. The Morgan fingerprint density at radius 2 is 2.04 bits per heavy atom. The van der Waals surface area contributed by atoms with Crippen LogP contribution < -0.4 is 10.1 Å². The predicted molar refractivity (Wildman–Crippen MR) is 85.1 cm³/mol. The fraction of sp³-hybridized carbons (Fsp3) is 0.533. The third kappa shape index (κ3) is 3.92. The summed E-state index contributed by atoms with van der Waals surface area (Å²) < 4.78 is 5.68. The van der Waals surface area contributed by atoms with Crippen molar-refractivity contribution in [2.24, 2.45) is 0 Å². The summed E-state index contributed by atoms with van der Waals surface area (Å²) in [5, 5.41) is 12.1. The molecule has 1 amide bonds. The van der Waals surface area contributed by atoms with Crippen molar-refractivity contribution in [1.82, 2.24) is 15.2 Å². The number of hydrogen-bond donors (Lipinski definition) is 2. The van der Waals surface area contributed by atoms with E-state index in [-0.39, 0.29) is 24.0 Å². The molecule has 3 rings (SSSR count). The van der Waals surface area contributed by atoms with E-state index in [9.17, 15) is 9.59 Å². The van der Waals surface area contributed by atoms with Crippen LogP contribution in [0.5, 0.6) is 5.75 Å². The van der Waals surface area contributed by atoms with Crippen molar-refractivity contribution in [3.8, 4) is 5.75 Å². The maximum absolute atomic E-state index is 12.5. The monoisotopic (exact) mass is 341 g/mol. The molecule has 2 saturated heterocycles. The number of aromatic nitrogens is 1.